The summed E-state index contributed by atoms with van der Waals surface area (Å²) in [5.41, 5.74) is 1.19. The van der Waals surface area contributed by atoms with E-state index in [0.29, 0.717) is 24.1 Å². The molecule has 1 aromatic rings. The highest BCUT2D eigenvalue weighted by atomic mass is 15.2. The van der Waals surface area contributed by atoms with Crippen molar-refractivity contribution in [2.75, 3.05) is 18.0 Å². The number of rotatable bonds is 4. The van der Waals surface area contributed by atoms with E-state index in [0.717, 1.165) is 12.2 Å². The quantitative estimate of drug-likeness (QED) is 0.730. The molecule has 0 radical (unpaired) electrons. The number of nitrogens with zero attached hydrogens (tertiary/aromatic N) is 4. The van der Waals surface area contributed by atoms with E-state index >= 15 is 0 Å². The molecule has 0 aliphatic heterocycles. The molecule has 1 heterocycles. The standard InChI is InChI=1S/C13H14N4/c1-3-6-17(9-11-4-5-11)13-15-10(2)7-12(8-14)16-13/h1,7,11H,4-6,9H2,2H3. The van der Waals surface area contributed by atoms with E-state index < -0.39 is 0 Å². The van der Waals surface area contributed by atoms with Gasteiger partial charge in [0.05, 0.1) is 6.54 Å². The maximum atomic E-state index is 8.89. The first kappa shape index (κ1) is 11.4. The largest absolute Gasteiger partial charge is 0.329 e. The summed E-state index contributed by atoms with van der Waals surface area (Å²) < 4.78 is 0. The summed E-state index contributed by atoms with van der Waals surface area (Å²) in [5.74, 6) is 3.90. The van der Waals surface area contributed by atoms with Crippen molar-refractivity contribution in [3.8, 4) is 18.4 Å². The second-order valence-electron chi connectivity index (χ2n) is 4.33. The van der Waals surface area contributed by atoms with Gasteiger partial charge < -0.3 is 4.90 Å². The zero-order valence-electron chi connectivity index (χ0n) is 9.85. The van der Waals surface area contributed by atoms with Crippen LogP contribution in [0.4, 0.5) is 5.95 Å². The van der Waals surface area contributed by atoms with E-state index in [-0.39, 0.29) is 0 Å². The summed E-state index contributed by atoms with van der Waals surface area (Å²) in [6, 6.07) is 3.72. The summed E-state index contributed by atoms with van der Waals surface area (Å²) in [4.78, 5) is 10.5. The third-order valence-electron chi connectivity index (χ3n) is 2.70. The molecule has 0 amide bonds. The Morgan fingerprint density at radius 2 is 2.29 bits per heavy atom. The Morgan fingerprint density at radius 3 is 2.88 bits per heavy atom. The number of aromatic nitrogens is 2. The molecule has 1 aliphatic carbocycles. The third-order valence-corrected chi connectivity index (χ3v) is 2.70. The average Bonchev–Trinajstić information content (AvgIpc) is 3.11. The van der Waals surface area contributed by atoms with Gasteiger partial charge in [0.25, 0.3) is 0 Å². The lowest BCUT2D eigenvalue weighted by molar-refractivity contribution is 0.739. The van der Waals surface area contributed by atoms with E-state index in [4.69, 9.17) is 11.7 Å². The van der Waals surface area contributed by atoms with Gasteiger partial charge in [-0.15, -0.1) is 6.42 Å². The highest BCUT2D eigenvalue weighted by Crippen LogP contribution is 2.30. The fraction of sp³-hybridized carbons (Fsp3) is 0.462. The van der Waals surface area contributed by atoms with Crippen LogP contribution in [-0.4, -0.2) is 23.1 Å². The highest BCUT2D eigenvalue weighted by Gasteiger charge is 2.25. The molecule has 2 rings (SSSR count). The van der Waals surface area contributed by atoms with Gasteiger partial charge in [-0.1, -0.05) is 5.92 Å². The molecule has 0 N–H and O–H groups in total. The first-order valence-corrected chi connectivity index (χ1v) is 5.67. The Bertz CT molecular complexity index is 491. The minimum atomic E-state index is 0.394. The van der Waals surface area contributed by atoms with Gasteiger partial charge in [0.1, 0.15) is 11.8 Å². The third kappa shape index (κ3) is 2.95. The Balaban J connectivity index is 2.24. The molecular weight excluding hydrogens is 212 g/mol. The van der Waals surface area contributed by atoms with Crippen LogP contribution >= 0.6 is 0 Å². The van der Waals surface area contributed by atoms with Crippen LogP contribution in [0.1, 0.15) is 24.2 Å². The van der Waals surface area contributed by atoms with Crippen molar-refractivity contribution >= 4 is 5.95 Å². The molecule has 86 valence electrons. The van der Waals surface area contributed by atoms with Gasteiger partial charge in [-0.2, -0.15) is 5.26 Å². The second kappa shape index (κ2) is 4.84. The van der Waals surface area contributed by atoms with Crippen molar-refractivity contribution in [1.29, 1.82) is 5.26 Å². The van der Waals surface area contributed by atoms with Gasteiger partial charge in [0.15, 0.2) is 0 Å². The molecule has 0 bridgehead atoms. The van der Waals surface area contributed by atoms with E-state index in [1.807, 2.05) is 17.9 Å². The number of terminal acetylenes is 1. The molecule has 0 unspecified atom stereocenters. The van der Waals surface area contributed by atoms with Crippen molar-refractivity contribution in [2.24, 2.45) is 5.92 Å². The van der Waals surface area contributed by atoms with E-state index in [1.165, 1.54) is 12.8 Å². The predicted molar refractivity (Wildman–Crippen MR) is 65.3 cm³/mol. The summed E-state index contributed by atoms with van der Waals surface area (Å²) in [6.07, 6.45) is 7.86. The lowest BCUT2D eigenvalue weighted by Gasteiger charge is -2.20. The van der Waals surface area contributed by atoms with Crippen molar-refractivity contribution in [2.45, 2.75) is 19.8 Å². The number of aryl methyl sites for hydroxylation is 1. The van der Waals surface area contributed by atoms with Gasteiger partial charge in [-0.25, -0.2) is 9.97 Å². The van der Waals surface area contributed by atoms with Gasteiger partial charge in [0.2, 0.25) is 5.95 Å². The van der Waals surface area contributed by atoms with Crippen LogP contribution < -0.4 is 4.90 Å². The fourth-order valence-corrected chi connectivity index (χ4v) is 1.69. The minimum Gasteiger partial charge on any atom is -0.329 e. The molecule has 1 saturated carbocycles. The molecule has 1 aliphatic rings. The minimum absolute atomic E-state index is 0.394. The molecule has 1 fully saturated rings. The van der Waals surface area contributed by atoms with Crippen LogP contribution in [-0.2, 0) is 0 Å². The summed E-state index contributed by atoms with van der Waals surface area (Å²) in [7, 11) is 0. The normalized spacial score (nSPS) is 13.8. The molecule has 0 saturated heterocycles. The monoisotopic (exact) mass is 226 g/mol. The molecule has 0 atom stereocenters. The highest BCUT2D eigenvalue weighted by molar-refractivity contribution is 5.37. The average molecular weight is 226 g/mol. The molecule has 4 heteroatoms. The zero-order valence-corrected chi connectivity index (χ0v) is 9.85. The molecule has 4 nitrogen and oxygen atoms in total. The van der Waals surface area contributed by atoms with Crippen molar-refractivity contribution in [3.63, 3.8) is 0 Å². The Morgan fingerprint density at radius 1 is 1.53 bits per heavy atom. The van der Waals surface area contributed by atoms with Crippen molar-refractivity contribution in [3.05, 3.63) is 17.5 Å². The van der Waals surface area contributed by atoms with Gasteiger partial charge >= 0.3 is 0 Å². The number of nitriles is 1. The fourth-order valence-electron chi connectivity index (χ4n) is 1.69. The van der Waals surface area contributed by atoms with Crippen LogP contribution in [0.25, 0.3) is 0 Å². The molecule has 0 aromatic carbocycles. The summed E-state index contributed by atoms with van der Waals surface area (Å²) in [6.45, 7) is 3.24. The number of anilines is 1. The molecule has 17 heavy (non-hydrogen) atoms. The molecular formula is C13H14N4. The lowest BCUT2D eigenvalue weighted by atomic mass is 10.3. The molecule has 0 spiro atoms. The van der Waals surface area contributed by atoms with Crippen LogP contribution in [0.3, 0.4) is 0 Å². The van der Waals surface area contributed by atoms with Crippen LogP contribution in [0.2, 0.25) is 0 Å². The first-order chi connectivity index (χ1) is 8.22. The predicted octanol–water partition coefficient (Wildman–Crippen LogP) is 1.51. The van der Waals surface area contributed by atoms with E-state index in [9.17, 15) is 0 Å². The molecule has 1 aromatic heterocycles. The second-order valence-corrected chi connectivity index (χ2v) is 4.33. The van der Waals surface area contributed by atoms with Crippen molar-refractivity contribution < 1.29 is 0 Å². The van der Waals surface area contributed by atoms with Crippen LogP contribution in [0.5, 0.6) is 0 Å². The summed E-state index contributed by atoms with van der Waals surface area (Å²) in [5, 5.41) is 8.89. The van der Waals surface area contributed by atoms with E-state index in [1.54, 1.807) is 6.07 Å². The maximum absolute atomic E-state index is 8.89. The van der Waals surface area contributed by atoms with Gasteiger partial charge in [-0.05, 0) is 31.7 Å². The number of hydrogen-bond acceptors (Lipinski definition) is 4. The Hall–Kier alpha value is -2.07. The van der Waals surface area contributed by atoms with E-state index in [2.05, 4.69) is 15.9 Å². The van der Waals surface area contributed by atoms with Crippen molar-refractivity contribution in [1.82, 2.24) is 9.97 Å². The first-order valence-electron chi connectivity index (χ1n) is 5.67. The Kier molecular flexibility index (Phi) is 3.25. The van der Waals surface area contributed by atoms with Gasteiger partial charge in [-0.3, -0.25) is 0 Å². The van der Waals surface area contributed by atoms with Gasteiger partial charge in [0, 0.05) is 12.2 Å². The van der Waals surface area contributed by atoms with Crippen LogP contribution in [0.15, 0.2) is 6.07 Å². The SMILES string of the molecule is C#CCN(CC1CC1)c1nc(C)cc(C#N)n1. The topological polar surface area (TPSA) is 52.8 Å². The maximum Gasteiger partial charge on any atom is 0.227 e. The zero-order chi connectivity index (χ0) is 12.3. The lowest BCUT2D eigenvalue weighted by Crippen LogP contribution is -2.28. The summed E-state index contributed by atoms with van der Waals surface area (Å²) >= 11 is 0. The number of hydrogen-bond donors (Lipinski definition) is 0. The smallest absolute Gasteiger partial charge is 0.227 e. The van der Waals surface area contributed by atoms with Crippen LogP contribution in [0, 0.1) is 36.5 Å². The Labute approximate surface area is 101 Å².